The summed E-state index contributed by atoms with van der Waals surface area (Å²) in [4.78, 5) is 48.6. The number of ether oxygens (including phenoxy) is 1. The van der Waals surface area contributed by atoms with Crippen molar-refractivity contribution < 1.29 is 19.1 Å². The van der Waals surface area contributed by atoms with Crippen LogP contribution in [-0.2, 0) is 16.2 Å². The van der Waals surface area contributed by atoms with Gasteiger partial charge in [0.15, 0.2) is 0 Å². The van der Waals surface area contributed by atoms with Gasteiger partial charge in [-0.2, -0.15) is 0 Å². The molecule has 0 unspecified atom stereocenters. The number of benzene rings is 2. The summed E-state index contributed by atoms with van der Waals surface area (Å²) in [6, 6.07) is 16.1. The van der Waals surface area contributed by atoms with E-state index in [1.54, 1.807) is 45.4 Å². The number of nitrogens with zero attached hydrogens (tertiary/aromatic N) is 4. The van der Waals surface area contributed by atoms with Crippen LogP contribution in [0.2, 0.25) is 10.0 Å². The monoisotopic (exact) mass is 605 g/mol. The number of anilines is 1. The summed E-state index contributed by atoms with van der Waals surface area (Å²) in [7, 11) is 4.84. The molecule has 0 aliphatic heterocycles. The average Bonchev–Trinajstić information content (AvgIpc) is 2.98. The van der Waals surface area contributed by atoms with Crippen molar-refractivity contribution in [2.45, 2.75) is 13.5 Å². The number of amides is 3. The Morgan fingerprint density at radius 2 is 1.79 bits per heavy atom. The molecule has 0 radical (unpaired) electrons. The number of rotatable bonds is 9. The quantitative estimate of drug-likeness (QED) is 0.259. The van der Waals surface area contributed by atoms with Crippen LogP contribution in [0.15, 0.2) is 66.9 Å². The number of carbonyl (C=O) groups excluding carboxylic acids is 3. The number of halogens is 2. The highest BCUT2D eigenvalue weighted by molar-refractivity contribution is 6.38. The van der Waals surface area contributed by atoms with E-state index in [1.807, 2.05) is 37.3 Å². The second kappa shape index (κ2) is 13.5. The van der Waals surface area contributed by atoms with Gasteiger partial charge in [-0.1, -0.05) is 47.5 Å². The Hall–Kier alpha value is -4.47. The number of pyridine rings is 2. The van der Waals surface area contributed by atoms with Crippen molar-refractivity contribution in [3.05, 3.63) is 99.4 Å². The fourth-order valence-electron chi connectivity index (χ4n) is 3.97. The minimum atomic E-state index is -0.472. The van der Waals surface area contributed by atoms with Gasteiger partial charge in [-0.3, -0.25) is 19.4 Å². The minimum Gasteiger partial charge on any atom is -0.487 e. The van der Waals surface area contributed by atoms with Crippen LogP contribution in [0.5, 0.6) is 5.75 Å². The van der Waals surface area contributed by atoms with Crippen LogP contribution in [-0.4, -0.2) is 60.3 Å². The topological polar surface area (TPSA) is 105 Å². The van der Waals surface area contributed by atoms with Crippen LogP contribution in [0, 0.1) is 6.92 Å². The van der Waals surface area contributed by atoms with E-state index in [1.165, 1.54) is 28.1 Å². The van der Waals surface area contributed by atoms with Gasteiger partial charge in [-0.05, 0) is 48.9 Å². The van der Waals surface area contributed by atoms with Gasteiger partial charge in [0, 0.05) is 55.1 Å². The summed E-state index contributed by atoms with van der Waals surface area (Å²) in [6.07, 6.45) is 4.31. The standard InChI is InChI=1S/C31H29Cl2N5O4/c1-19-8-11-21-6-5-7-26(30(21)36-19)42-18-22-23(32)12-14-25(29(22)33)38(4)28(40)17-35-27(39)15-10-20-9-13-24(34-16-20)31(41)37(2)3/h5-16H,17-18H2,1-4H3,(H,35,39). The molecule has 0 bridgehead atoms. The first kappa shape index (κ1) is 30.5. The largest absolute Gasteiger partial charge is 0.487 e. The number of fused-ring (bicyclic) bond motifs is 1. The Labute approximate surface area is 253 Å². The Balaban J connectivity index is 1.38. The van der Waals surface area contributed by atoms with Crippen LogP contribution < -0.4 is 15.0 Å². The molecule has 3 amide bonds. The van der Waals surface area contributed by atoms with E-state index in [2.05, 4.69) is 15.3 Å². The Bertz CT molecular complexity index is 1670. The van der Waals surface area contributed by atoms with Gasteiger partial charge in [0.05, 0.1) is 17.3 Å². The number of hydrogen-bond donors (Lipinski definition) is 1. The van der Waals surface area contributed by atoms with E-state index in [0.717, 1.165) is 16.6 Å². The van der Waals surface area contributed by atoms with Crippen molar-refractivity contribution in [2.24, 2.45) is 0 Å². The van der Waals surface area contributed by atoms with E-state index in [4.69, 9.17) is 27.9 Å². The molecule has 11 heteroatoms. The summed E-state index contributed by atoms with van der Waals surface area (Å²) in [5.74, 6) is -0.499. The highest BCUT2D eigenvalue weighted by Crippen LogP contribution is 2.35. The normalized spacial score (nSPS) is 11.0. The molecule has 2 aromatic heterocycles. The first-order chi connectivity index (χ1) is 20.0. The molecule has 2 heterocycles. The van der Waals surface area contributed by atoms with Gasteiger partial charge in [-0.15, -0.1) is 0 Å². The molecule has 0 saturated carbocycles. The van der Waals surface area contributed by atoms with Crippen LogP contribution in [0.4, 0.5) is 5.69 Å². The Morgan fingerprint density at radius 1 is 1.00 bits per heavy atom. The number of likely N-dealkylation sites (N-methyl/N-ethyl adjacent to an activating group) is 1. The number of carbonyl (C=O) groups is 3. The van der Waals surface area contributed by atoms with Gasteiger partial charge in [0.2, 0.25) is 11.8 Å². The average molecular weight is 607 g/mol. The smallest absolute Gasteiger partial charge is 0.271 e. The van der Waals surface area contributed by atoms with E-state index >= 15 is 0 Å². The maximum absolute atomic E-state index is 12.9. The molecule has 216 valence electrons. The number of para-hydroxylation sites is 1. The Kier molecular flexibility index (Phi) is 9.77. The van der Waals surface area contributed by atoms with Gasteiger partial charge in [-0.25, -0.2) is 4.98 Å². The summed E-state index contributed by atoms with van der Waals surface area (Å²) >= 11 is 13.1. The molecule has 2 aromatic carbocycles. The summed E-state index contributed by atoms with van der Waals surface area (Å²) < 4.78 is 6.07. The summed E-state index contributed by atoms with van der Waals surface area (Å²) in [5, 5.41) is 4.16. The van der Waals surface area contributed by atoms with E-state index in [9.17, 15) is 14.4 Å². The number of nitrogens with one attached hydrogen (secondary N) is 1. The van der Waals surface area contributed by atoms with E-state index < -0.39 is 11.8 Å². The lowest BCUT2D eigenvalue weighted by Gasteiger charge is -2.21. The molecular formula is C31H29Cl2N5O4. The highest BCUT2D eigenvalue weighted by atomic mass is 35.5. The van der Waals surface area contributed by atoms with Crippen molar-refractivity contribution in [3.8, 4) is 5.75 Å². The van der Waals surface area contributed by atoms with Crippen molar-refractivity contribution >= 4 is 63.6 Å². The van der Waals surface area contributed by atoms with E-state index in [-0.39, 0.29) is 24.1 Å². The minimum absolute atomic E-state index is 0.0585. The fourth-order valence-corrected chi connectivity index (χ4v) is 4.57. The molecule has 0 atom stereocenters. The SMILES string of the molecule is Cc1ccc2cccc(OCc3c(Cl)ccc(N(C)C(=O)CNC(=O)C=Cc4ccc(C(=O)N(C)C)nc4)c3Cl)c2n1. The number of hydrogen-bond acceptors (Lipinski definition) is 6. The van der Waals surface area contributed by atoms with Gasteiger partial charge >= 0.3 is 0 Å². The summed E-state index contributed by atoms with van der Waals surface area (Å²) in [6.45, 7) is 1.70. The highest BCUT2D eigenvalue weighted by Gasteiger charge is 2.19. The lowest BCUT2D eigenvalue weighted by Crippen LogP contribution is -2.37. The third-order valence-electron chi connectivity index (χ3n) is 6.35. The second-order valence-electron chi connectivity index (χ2n) is 9.61. The number of aromatic nitrogens is 2. The predicted molar refractivity (Wildman–Crippen MR) is 165 cm³/mol. The first-order valence-corrected chi connectivity index (χ1v) is 13.7. The first-order valence-electron chi connectivity index (χ1n) is 12.9. The maximum Gasteiger partial charge on any atom is 0.271 e. The molecule has 4 aromatic rings. The lowest BCUT2D eigenvalue weighted by atomic mass is 10.1. The Morgan fingerprint density at radius 3 is 2.50 bits per heavy atom. The second-order valence-corrected chi connectivity index (χ2v) is 10.4. The zero-order chi connectivity index (χ0) is 30.4. The zero-order valence-electron chi connectivity index (χ0n) is 23.5. The van der Waals surface area contributed by atoms with Crippen LogP contribution >= 0.6 is 23.2 Å². The zero-order valence-corrected chi connectivity index (χ0v) is 25.0. The lowest BCUT2D eigenvalue weighted by molar-refractivity contribution is -0.122. The predicted octanol–water partition coefficient (Wildman–Crippen LogP) is 5.32. The third kappa shape index (κ3) is 7.23. The van der Waals surface area contributed by atoms with Gasteiger partial charge in [0.25, 0.3) is 5.91 Å². The van der Waals surface area contributed by atoms with Crippen LogP contribution in [0.25, 0.3) is 17.0 Å². The molecule has 0 saturated heterocycles. The van der Waals surface area contributed by atoms with Crippen LogP contribution in [0.1, 0.15) is 27.3 Å². The molecule has 0 fully saturated rings. The third-order valence-corrected chi connectivity index (χ3v) is 7.12. The molecule has 0 spiro atoms. The fraction of sp³-hybridized carbons (Fsp3) is 0.194. The van der Waals surface area contributed by atoms with Crippen molar-refractivity contribution in [2.75, 3.05) is 32.6 Å². The molecule has 4 rings (SSSR count). The molecule has 0 aliphatic rings. The molecule has 42 heavy (non-hydrogen) atoms. The summed E-state index contributed by atoms with van der Waals surface area (Å²) in [5.41, 5.74) is 3.44. The molecule has 0 aliphatic carbocycles. The van der Waals surface area contributed by atoms with Crippen molar-refractivity contribution in [1.82, 2.24) is 20.2 Å². The molecule has 1 N–H and O–H groups in total. The van der Waals surface area contributed by atoms with Crippen molar-refractivity contribution in [3.63, 3.8) is 0 Å². The van der Waals surface area contributed by atoms with Gasteiger partial charge in [0.1, 0.15) is 23.6 Å². The van der Waals surface area contributed by atoms with Crippen molar-refractivity contribution in [1.29, 1.82) is 0 Å². The van der Waals surface area contributed by atoms with Gasteiger partial charge < -0.3 is 19.9 Å². The number of aryl methyl sites for hydroxylation is 1. The van der Waals surface area contributed by atoms with E-state index in [0.29, 0.717) is 33.3 Å². The molecular weight excluding hydrogens is 577 g/mol. The maximum atomic E-state index is 12.9. The van der Waals surface area contributed by atoms with Crippen LogP contribution in [0.3, 0.4) is 0 Å². The molecule has 9 nitrogen and oxygen atoms in total.